The molecule has 0 N–H and O–H groups in total. The van der Waals surface area contributed by atoms with Crippen LogP contribution in [-0.4, -0.2) is 32.9 Å². The second-order valence-corrected chi connectivity index (χ2v) is 14.5. The van der Waals surface area contributed by atoms with E-state index in [9.17, 15) is 8.42 Å². The van der Waals surface area contributed by atoms with Gasteiger partial charge in [0, 0.05) is 0 Å². The molecule has 1 fully saturated rings. The zero-order valence-corrected chi connectivity index (χ0v) is 18.0. The van der Waals surface area contributed by atoms with E-state index in [1.165, 1.54) is 4.31 Å². The summed E-state index contributed by atoms with van der Waals surface area (Å²) in [5.41, 5.74) is 5.41. The summed E-state index contributed by atoms with van der Waals surface area (Å²) < 4.78 is 27.7. The van der Waals surface area contributed by atoms with Gasteiger partial charge in [-0.1, -0.05) is 85.7 Å². The molecule has 5 heteroatoms. The van der Waals surface area contributed by atoms with E-state index < -0.39 is 18.1 Å². The summed E-state index contributed by atoms with van der Waals surface area (Å²) in [7, 11) is -5.14. The fraction of sp³-hybridized carbons (Fsp3) is 0.273. The molecule has 3 rings (SSSR count). The Morgan fingerprint density at radius 2 is 1.63 bits per heavy atom. The standard InChI is InChI=1S/C22H25NO2SSi/c1-18-10-13-20(14-11-18)26(24,25)23-21(22(23)16-17-27(2,3)4)15-12-19-8-6-5-7-9-19/h5-15,21-22H,1-4H3/b15-12+/t21-,22+,23?/m0/s1. The third kappa shape index (κ3) is 4.78. The molecule has 1 heterocycles. The first kappa shape index (κ1) is 19.6. The van der Waals surface area contributed by atoms with Crippen molar-refractivity contribution in [1.82, 2.24) is 4.31 Å². The van der Waals surface area contributed by atoms with Crippen molar-refractivity contribution in [2.24, 2.45) is 0 Å². The Labute approximate surface area is 163 Å². The molecule has 1 unspecified atom stereocenters. The summed E-state index contributed by atoms with van der Waals surface area (Å²) in [6.45, 7) is 8.43. The van der Waals surface area contributed by atoms with Crippen LogP contribution in [0, 0.1) is 18.4 Å². The van der Waals surface area contributed by atoms with Crippen LogP contribution in [0.15, 0.2) is 65.6 Å². The SMILES string of the molecule is Cc1ccc(S(=O)(=O)N2[C@H](C#C[Si](C)(C)C)[C@@H]2/C=C/c2ccccc2)cc1. The summed E-state index contributed by atoms with van der Waals surface area (Å²) in [5, 5.41) is 0. The number of nitrogens with zero attached hydrogens (tertiary/aromatic N) is 1. The van der Waals surface area contributed by atoms with Gasteiger partial charge in [-0.3, -0.25) is 0 Å². The molecule has 27 heavy (non-hydrogen) atoms. The lowest BCUT2D eigenvalue weighted by Crippen LogP contribution is -2.18. The van der Waals surface area contributed by atoms with Crippen molar-refractivity contribution in [3.05, 3.63) is 71.8 Å². The van der Waals surface area contributed by atoms with Crippen molar-refractivity contribution in [3.8, 4) is 11.5 Å². The fourth-order valence-corrected chi connectivity index (χ4v) is 5.01. The molecule has 0 aromatic heterocycles. The first-order valence-corrected chi connectivity index (χ1v) is 14.0. The van der Waals surface area contributed by atoms with E-state index in [-0.39, 0.29) is 12.1 Å². The van der Waals surface area contributed by atoms with Gasteiger partial charge in [-0.15, -0.1) is 5.54 Å². The molecule has 3 atom stereocenters. The molecule has 3 nitrogen and oxygen atoms in total. The second kappa shape index (κ2) is 7.47. The highest BCUT2D eigenvalue weighted by molar-refractivity contribution is 7.89. The van der Waals surface area contributed by atoms with Crippen molar-refractivity contribution < 1.29 is 8.42 Å². The maximum atomic E-state index is 13.1. The first-order chi connectivity index (χ1) is 12.7. The van der Waals surface area contributed by atoms with Crippen molar-refractivity contribution in [2.75, 3.05) is 0 Å². The smallest absolute Gasteiger partial charge is 0.207 e. The number of sulfonamides is 1. The van der Waals surface area contributed by atoms with Gasteiger partial charge >= 0.3 is 0 Å². The average molecular weight is 396 g/mol. The molecule has 0 bridgehead atoms. The Hall–Kier alpha value is -2.13. The van der Waals surface area contributed by atoms with E-state index in [1.54, 1.807) is 12.1 Å². The predicted molar refractivity (Wildman–Crippen MR) is 114 cm³/mol. The number of benzene rings is 2. The fourth-order valence-electron chi connectivity index (χ4n) is 2.77. The molecule has 0 spiro atoms. The van der Waals surface area contributed by atoms with Crippen LogP contribution in [0.4, 0.5) is 0 Å². The van der Waals surface area contributed by atoms with Gasteiger partial charge in [0.15, 0.2) is 0 Å². The molecular formula is C22H25NO2SSi. The van der Waals surface area contributed by atoms with Gasteiger partial charge in [-0.25, -0.2) is 8.42 Å². The van der Waals surface area contributed by atoms with E-state index in [0.29, 0.717) is 4.90 Å². The van der Waals surface area contributed by atoms with Crippen LogP contribution < -0.4 is 0 Å². The quantitative estimate of drug-likeness (QED) is 0.439. The lowest BCUT2D eigenvalue weighted by atomic mass is 10.2. The molecular weight excluding hydrogens is 370 g/mol. The molecule has 2 aromatic carbocycles. The van der Waals surface area contributed by atoms with Crippen molar-refractivity contribution >= 4 is 24.2 Å². The van der Waals surface area contributed by atoms with Crippen molar-refractivity contribution in [1.29, 1.82) is 0 Å². The maximum absolute atomic E-state index is 13.1. The van der Waals surface area contributed by atoms with Crippen molar-refractivity contribution in [2.45, 2.75) is 43.5 Å². The minimum absolute atomic E-state index is 0.222. The van der Waals surface area contributed by atoms with Crippen molar-refractivity contribution in [3.63, 3.8) is 0 Å². The molecule has 0 saturated carbocycles. The Balaban J connectivity index is 1.91. The van der Waals surface area contributed by atoms with E-state index in [2.05, 4.69) is 31.1 Å². The maximum Gasteiger partial charge on any atom is 0.244 e. The normalized spacial score (nSPS) is 22.3. The molecule has 140 valence electrons. The molecule has 1 saturated heterocycles. The second-order valence-electron chi connectivity index (χ2n) is 7.87. The minimum atomic E-state index is -3.56. The molecule has 1 aliphatic rings. The highest BCUT2D eigenvalue weighted by atomic mass is 32.2. The lowest BCUT2D eigenvalue weighted by Gasteiger charge is -2.06. The lowest BCUT2D eigenvalue weighted by molar-refractivity contribution is 0.555. The third-order valence-electron chi connectivity index (χ3n) is 4.28. The summed E-state index contributed by atoms with van der Waals surface area (Å²) in [6.07, 6.45) is 3.92. The van der Waals surface area contributed by atoms with Crippen LogP contribution in [0.3, 0.4) is 0 Å². The van der Waals surface area contributed by atoms with Gasteiger partial charge in [-0.2, -0.15) is 4.31 Å². The van der Waals surface area contributed by atoms with Crippen LogP contribution >= 0.6 is 0 Å². The zero-order valence-electron chi connectivity index (χ0n) is 16.2. The monoisotopic (exact) mass is 395 g/mol. The van der Waals surface area contributed by atoms with E-state index in [0.717, 1.165) is 11.1 Å². The number of aryl methyl sites for hydroxylation is 1. The van der Waals surface area contributed by atoms with Gasteiger partial charge in [-0.05, 0) is 24.6 Å². The highest BCUT2D eigenvalue weighted by Crippen LogP contribution is 2.37. The van der Waals surface area contributed by atoms with Crippen LogP contribution in [-0.2, 0) is 10.0 Å². The first-order valence-electron chi connectivity index (χ1n) is 9.05. The molecule has 0 radical (unpaired) electrons. The summed E-state index contributed by atoms with van der Waals surface area (Å²) in [4.78, 5) is 0.323. The Bertz CT molecular complexity index is 994. The van der Waals surface area contributed by atoms with Crippen LogP contribution in [0.5, 0.6) is 0 Å². The summed E-state index contributed by atoms with van der Waals surface area (Å²) in [5.74, 6) is 3.23. The Morgan fingerprint density at radius 1 is 1.00 bits per heavy atom. The third-order valence-corrected chi connectivity index (χ3v) is 7.07. The highest BCUT2D eigenvalue weighted by Gasteiger charge is 2.53. The van der Waals surface area contributed by atoms with Gasteiger partial charge < -0.3 is 0 Å². The van der Waals surface area contributed by atoms with Crippen LogP contribution in [0.1, 0.15) is 11.1 Å². The Morgan fingerprint density at radius 3 is 2.22 bits per heavy atom. The molecule has 0 aliphatic carbocycles. The summed E-state index contributed by atoms with van der Waals surface area (Å²) in [6, 6.07) is 16.4. The largest absolute Gasteiger partial charge is 0.244 e. The van der Waals surface area contributed by atoms with Gasteiger partial charge in [0.1, 0.15) is 14.1 Å². The topological polar surface area (TPSA) is 37.1 Å². The Kier molecular flexibility index (Phi) is 5.43. The van der Waals surface area contributed by atoms with E-state index in [1.807, 2.05) is 61.5 Å². The predicted octanol–water partition coefficient (Wildman–Crippen LogP) is 4.33. The van der Waals surface area contributed by atoms with Gasteiger partial charge in [0.2, 0.25) is 10.0 Å². The molecule has 2 aromatic rings. The number of hydrogen-bond acceptors (Lipinski definition) is 2. The number of rotatable bonds is 4. The molecule has 1 aliphatic heterocycles. The minimum Gasteiger partial charge on any atom is -0.207 e. The average Bonchev–Trinajstić information content (AvgIpc) is 3.33. The van der Waals surface area contributed by atoms with Crippen LogP contribution in [0.2, 0.25) is 19.6 Å². The van der Waals surface area contributed by atoms with Gasteiger partial charge in [0.25, 0.3) is 0 Å². The van der Waals surface area contributed by atoms with E-state index in [4.69, 9.17) is 0 Å². The molecule has 0 amide bonds. The summed E-state index contributed by atoms with van der Waals surface area (Å²) >= 11 is 0. The van der Waals surface area contributed by atoms with E-state index >= 15 is 0 Å². The van der Waals surface area contributed by atoms with Gasteiger partial charge in [0.05, 0.1) is 10.9 Å². The zero-order chi connectivity index (χ0) is 19.7. The number of hydrogen-bond donors (Lipinski definition) is 0. The van der Waals surface area contributed by atoms with Crippen LogP contribution in [0.25, 0.3) is 6.08 Å².